The van der Waals surface area contributed by atoms with Crippen LogP contribution in [0.15, 0.2) is 22.7 Å². The Morgan fingerprint density at radius 3 is 2.95 bits per heavy atom. The van der Waals surface area contributed by atoms with Gasteiger partial charge in [0, 0.05) is 23.6 Å². The van der Waals surface area contributed by atoms with Crippen LogP contribution in [0.2, 0.25) is 0 Å². The number of nitrogens with two attached hydrogens (primary N) is 1. The van der Waals surface area contributed by atoms with Crippen LogP contribution in [0, 0.1) is 5.92 Å². The summed E-state index contributed by atoms with van der Waals surface area (Å²) in [6.45, 7) is 7.84. The number of nitrogens with zero attached hydrogens (tertiary/aromatic N) is 3. The van der Waals surface area contributed by atoms with E-state index < -0.39 is 0 Å². The maximum absolute atomic E-state index is 6.10. The number of fused-ring (bicyclic) bond motifs is 1. The molecule has 0 saturated carbocycles. The molecule has 4 nitrogen and oxygen atoms in total. The topological polar surface area (TPSA) is 47.1 Å². The lowest BCUT2D eigenvalue weighted by Crippen LogP contribution is -2.28. The second-order valence-electron chi connectivity index (χ2n) is 5.96. The summed E-state index contributed by atoms with van der Waals surface area (Å²) >= 11 is 3.53. The van der Waals surface area contributed by atoms with Crippen LogP contribution in [0.1, 0.15) is 20.3 Å². The highest BCUT2D eigenvalue weighted by Gasteiger charge is 2.25. The summed E-state index contributed by atoms with van der Waals surface area (Å²) in [4.78, 5) is 6.99. The molecule has 1 fully saturated rings. The summed E-state index contributed by atoms with van der Waals surface area (Å²) < 4.78 is 3.23. The van der Waals surface area contributed by atoms with Gasteiger partial charge in [0.2, 0.25) is 5.95 Å². The number of rotatable bonds is 3. The van der Waals surface area contributed by atoms with Crippen LogP contribution in [0.4, 0.5) is 5.95 Å². The molecule has 20 heavy (non-hydrogen) atoms. The molecule has 0 spiro atoms. The fraction of sp³-hybridized carbons (Fsp3) is 0.533. The first-order valence-corrected chi connectivity index (χ1v) is 7.99. The number of benzene rings is 1. The number of anilines is 1. The molecule has 1 aromatic heterocycles. The molecule has 0 bridgehead atoms. The third-order valence-electron chi connectivity index (χ3n) is 4.23. The van der Waals surface area contributed by atoms with Crippen molar-refractivity contribution in [3.63, 3.8) is 0 Å². The second-order valence-corrected chi connectivity index (χ2v) is 6.87. The van der Waals surface area contributed by atoms with Gasteiger partial charge in [0.15, 0.2) is 0 Å². The normalized spacial score (nSPS) is 20.3. The van der Waals surface area contributed by atoms with E-state index in [9.17, 15) is 0 Å². The maximum Gasteiger partial charge on any atom is 0.201 e. The van der Waals surface area contributed by atoms with E-state index in [0.29, 0.717) is 17.9 Å². The molecule has 3 rings (SSSR count). The van der Waals surface area contributed by atoms with E-state index >= 15 is 0 Å². The zero-order valence-corrected chi connectivity index (χ0v) is 13.6. The van der Waals surface area contributed by atoms with Crippen molar-refractivity contribution in [3.8, 4) is 0 Å². The van der Waals surface area contributed by atoms with E-state index in [4.69, 9.17) is 5.73 Å². The van der Waals surface area contributed by atoms with Gasteiger partial charge in [-0.15, -0.1) is 0 Å². The van der Waals surface area contributed by atoms with Crippen molar-refractivity contribution in [1.82, 2.24) is 14.5 Å². The fourth-order valence-electron chi connectivity index (χ4n) is 3.05. The Morgan fingerprint density at radius 1 is 1.45 bits per heavy atom. The number of imidazole rings is 1. The molecule has 0 aliphatic carbocycles. The zero-order chi connectivity index (χ0) is 14.3. The SMILES string of the molecule is CC(C)N1CCC(Cn2c(N)nc3ccc(Br)cc32)C1. The van der Waals surface area contributed by atoms with Crippen molar-refractivity contribution < 1.29 is 0 Å². The van der Waals surface area contributed by atoms with Crippen molar-refractivity contribution in [1.29, 1.82) is 0 Å². The minimum absolute atomic E-state index is 0.626. The van der Waals surface area contributed by atoms with Crippen LogP contribution < -0.4 is 5.73 Å². The molecule has 108 valence electrons. The zero-order valence-electron chi connectivity index (χ0n) is 12.0. The third kappa shape index (κ3) is 2.56. The number of likely N-dealkylation sites (tertiary alicyclic amines) is 1. The predicted molar refractivity (Wildman–Crippen MR) is 86.7 cm³/mol. The summed E-state index contributed by atoms with van der Waals surface area (Å²) in [6.07, 6.45) is 1.24. The third-order valence-corrected chi connectivity index (χ3v) is 4.72. The molecule has 5 heteroatoms. The Balaban J connectivity index is 1.84. The van der Waals surface area contributed by atoms with Gasteiger partial charge >= 0.3 is 0 Å². The van der Waals surface area contributed by atoms with Gasteiger partial charge in [-0.1, -0.05) is 15.9 Å². The van der Waals surface area contributed by atoms with Crippen LogP contribution in [-0.2, 0) is 6.54 Å². The van der Waals surface area contributed by atoms with Gasteiger partial charge in [-0.05, 0) is 50.9 Å². The van der Waals surface area contributed by atoms with Crippen LogP contribution in [0.5, 0.6) is 0 Å². The number of aromatic nitrogens is 2. The van der Waals surface area contributed by atoms with Crippen LogP contribution in [0.3, 0.4) is 0 Å². The highest BCUT2D eigenvalue weighted by molar-refractivity contribution is 9.10. The van der Waals surface area contributed by atoms with Crippen LogP contribution in [0.25, 0.3) is 11.0 Å². The minimum Gasteiger partial charge on any atom is -0.369 e. The fourth-order valence-corrected chi connectivity index (χ4v) is 3.39. The average Bonchev–Trinajstić information content (AvgIpc) is 2.97. The van der Waals surface area contributed by atoms with Crippen molar-refractivity contribution in [2.24, 2.45) is 5.92 Å². The second kappa shape index (κ2) is 5.37. The summed E-state index contributed by atoms with van der Waals surface area (Å²) in [5.74, 6) is 1.29. The quantitative estimate of drug-likeness (QED) is 0.936. The van der Waals surface area contributed by atoms with Crippen molar-refractivity contribution in [3.05, 3.63) is 22.7 Å². The number of halogens is 1. The van der Waals surface area contributed by atoms with E-state index in [-0.39, 0.29) is 0 Å². The molecule has 1 aliphatic rings. The number of hydrogen-bond acceptors (Lipinski definition) is 3. The van der Waals surface area contributed by atoms with Gasteiger partial charge in [0.1, 0.15) is 0 Å². The molecule has 2 N–H and O–H groups in total. The standard InChI is InChI=1S/C15H21BrN4/c1-10(2)19-6-5-11(8-19)9-20-14-7-12(16)3-4-13(14)18-15(20)17/h3-4,7,10-11H,5-6,8-9H2,1-2H3,(H2,17,18). The Kier molecular flexibility index (Phi) is 3.73. The lowest BCUT2D eigenvalue weighted by molar-refractivity contribution is 0.261. The predicted octanol–water partition coefficient (Wildman–Crippen LogP) is 3.11. The van der Waals surface area contributed by atoms with Crippen molar-refractivity contribution >= 4 is 32.9 Å². The van der Waals surface area contributed by atoms with Gasteiger partial charge in [-0.2, -0.15) is 0 Å². The monoisotopic (exact) mass is 336 g/mol. The van der Waals surface area contributed by atoms with Crippen molar-refractivity contribution in [2.75, 3.05) is 18.8 Å². The Labute approximate surface area is 128 Å². The summed E-state index contributed by atoms with van der Waals surface area (Å²) in [5, 5.41) is 0. The molecular weight excluding hydrogens is 316 g/mol. The van der Waals surface area contributed by atoms with Gasteiger partial charge in [0.25, 0.3) is 0 Å². The Morgan fingerprint density at radius 2 is 2.25 bits per heavy atom. The molecule has 2 aromatic rings. The lowest BCUT2D eigenvalue weighted by atomic mass is 10.1. The molecule has 2 heterocycles. The first kappa shape index (κ1) is 13.9. The first-order valence-electron chi connectivity index (χ1n) is 7.20. The molecule has 1 aliphatic heterocycles. The van der Waals surface area contributed by atoms with Crippen LogP contribution >= 0.6 is 15.9 Å². The molecule has 1 saturated heterocycles. The molecule has 0 amide bonds. The largest absolute Gasteiger partial charge is 0.369 e. The van der Waals surface area contributed by atoms with Gasteiger partial charge < -0.3 is 15.2 Å². The first-order chi connectivity index (χ1) is 9.54. The molecule has 1 unspecified atom stereocenters. The van der Waals surface area contributed by atoms with E-state index in [1.165, 1.54) is 13.0 Å². The van der Waals surface area contributed by atoms with Gasteiger partial charge in [-0.3, -0.25) is 0 Å². The van der Waals surface area contributed by atoms with E-state index in [0.717, 1.165) is 28.6 Å². The Bertz CT molecular complexity index is 620. The molecule has 0 radical (unpaired) electrons. The Hall–Kier alpha value is -1.07. The van der Waals surface area contributed by atoms with Gasteiger partial charge in [-0.25, -0.2) is 4.98 Å². The maximum atomic E-state index is 6.10. The van der Waals surface area contributed by atoms with E-state index in [2.05, 4.69) is 50.3 Å². The minimum atomic E-state index is 0.626. The van der Waals surface area contributed by atoms with E-state index in [1.54, 1.807) is 0 Å². The van der Waals surface area contributed by atoms with E-state index in [1.807, 2.05) is 12.1 Å². The summed E-state index contributed by atoms with van der Waals surface area (Å²) in [5.41, 5.74) is 8.20. The summed E-state index contributed by atoms with van der Waals surface area (Å²) in [7, 11) is 0. The number of hydrogen-bond donors (Lipinski definition) is 1. The summed E-state index contributed by atoms with van der Waals surface area (Å²) in [6, 6.07) is 6.76. The van der Waals surface area contributed by atoms with Gasteiger partial charge in [0.05, 0.1) is 11.0 Å². The molecule has 1 aromatic carbocycles. The van der Waals surface area contributed by atoms with Crippen LogP contribution in [-0.4, -0.2) is 33.6 Å². The molecule has 1 atom stereocenters. The number of nitrogen functional groups attached to an aromatic ring is 1. The van der Waals surface area contributed by atoms with Crippen molar-refractivity contribution in [2.45, 2.75) is 32.9 Å². The molecular formula is C15H21BrN4. The highest BCUT2D eigenvalue weighted by Crippen LogP contribution is 2.26. The smallest absolute Gasteiger partial charge is 0.201 e. The average molecular weight is 337 g/mol. The highest BCUT2D eigenvalue weighted by atomic mass is 79.9. The lowest BCUT2D eigenvalue weighted by Gasteiger charge is -2.20.